The highest BCUT2D eigenvalue weighted by molar-refractivity contribution is 5.17. The molecule has 1 aromatic rings. The summed E-state index contributed by atoms with van der Waals surface area (Å²) in [5.74, 6) is 0.785. The predicted octanol–water partition coefficient (Wildman–Crippen LogP) is 4.70. The number of ether oxygens (including phenoxy) is 1. The Labute approximate surface area is 130 Å². The van der Waals surface area contributed by atoms with Crippen LogP contribution in [0, 0.1) is 11.3 Å². The van der Waals surface area contributed by atoms with Gasteiger partial charge in [-0.3, -0.25) is 0 Å². The average molecular weight is 289 g/mol. The molecule has 2 nitrogen and oxygen atoms in total. The first kappa shape index (κ1) is 16.5. The Bertz CT molecular complexity index is 427. The van der Waals surface area contributed by atoms with Crippen LogP contribution < -0.4 is 5.73 Å². The first-order valence-electron chi connectivity index (χ1n) is 8.29. The zero-order chi connectivity index (χ0) is 15.5. The fourth-order valence-electron chi connectivity index (χ4n) is 3.55. The molecule has 1 aromatic carbocycles. The maximum atomic E-state index is 6.45. The number of hydrogen-bond donors (Lipinski definition) is 1. The Morgan fingerprint density at radius 3 is 2.24 bits per heavy atom. The maximum Gasteiger partial charge on any atom is 0.0812 e. The Hall–Kier alpha value is -0.860. The molecule has 1 unspecified atom stereocenters. The van der Waals surface area contributed by atoms with Crippen LogP contribution >= 0.6 is 0 Å². The van der Waals surface area contributed by atoms with Crippen molar-refractivity contribution in [1.82, 2.24) is 0 Å². The molecule has 118 valence electrons. The quantitative estimate of drug-likeness (QED) is 0.872. The summed E-state index contributed by atoms with van der Waals surface area (Å²) in [5.41, 5.74) is 7.60. The van der Waals surface area contributed by atoms with Crippen LogP contribution in [0.1, 0.15) is 65.0 Å². The third kappa shape index (κ3) is 4.08. The lowest BCUT2D eigenvalue weighted by molar-refractivity contribution is -0.115. The van der Waals surface area contributed by atoms with Gasteiger partial charge in [0, 0.05) is 6.54 Å². The minimum absolute atomic E-state index is 0.112. The van der Waals surface area contributed by atoms with Crippen LogP contribution in [0.15, 0.2) is 30.3 Å². The number of rotatable bonds is 4. The summed E-state index contributed by atoms with van der Waals surface area (Å²) in [7, 11) is 0. The Morgan fingerprint density at radius 2 is 1.76 bits per heavy atom. The molecule has 1 saturated carbocycles. The zero-order valence-corrected chi connectivity index (χ0v) is 14.1. The van der Waals surface area contributed by atoms with Crippen molar-refractivity contribution in [3.05, 3.63) is 35.9 Å². The lowest BCUT2D eigenvalue weighted by Gasteiger charge is -2.44. The Balaban J connectivity index is 2.00. The third-order valence-electron chi connectivity index (χ3n) is 5.19. The highest BCUT2D eigenvalue weighted by Crippen LogP contribution is 2.44. The minimum Gasteiger partial charge on any atom is -0.366 e. The van der Waals surface area contributed by atoms with Gasteiger partial charge in [-0.15, -0.1) is 0 Å². The van der Waals surface area contributed by atoms with E-state index in [-0.39, 0.29) is 11.7 Å². The molecule has 0 aromatic heterocycles. The summed E-state index contributed by atoms with van der Waals surface area (Å²) in [5, 5.41) is 0. The van der Waals surface area contributed by atoms with Crippen molar-refractivity contribution >= 4 is 0 Å². The van der Waals surface area contributed by atoms with Gasteiger partial charge in [0.15, 0.2) is 0 Å². The van der Waals surface area contributed by atoms with Crippen molar-refractivity contribution < 1.29 is 4.74 Å². The van der Waals surface area contributed by atoms with E-state index in [1.807, 2.05) is 6.07 Å². The number of nitrogens with two attached hydrogens (primary N) is 1. The predicted molar refractivity (Wildman–Crippen MR) is 89.1 cm³/mol. The van der Waals surface area contributed by atoms with Gasteiger partial charge in [-0.25, -0.2) is 0 Å². The highest BCUT2D eigenvalue weighted by Gasteiger charge is 2.39. The fourth-order valence-corrected chi connectivity index (χ4v) is 3.55. The normalized spacial score (nSPS) is 28.3. The Kier molecular flexibility index (Phi) is 5.11. The summed E-state index contributed by atoms with van der Waals surface area (Å²) in [6.07, 6.45) is 4.73. The molecule has 0 bridgehead atoms. The second kappa shape index (κ2) is 6.50. The molecule has 0 heterocycles. The van der Waals surface area contributed by atoms with Crippen LogP contribution in [0.25, 0.3) is 0 Å². The van der Waals surface area contributed by atoms with E-state index in [0.717, 1.165) is 18.8 Å². The minimum atomic E-state index is -0.128. The molecule has 0 spiro atoms. The Morgan fingerprint density at radius 1 is 1.19 bits per heavy atom. The van der Waals surface area contributed by atoms with Gasteiger partial charge in [-0.2, -0.15) is 0 Å². The molecule has 2 rings (SSSR count). The zero-order valence-electron chi connectivity index (χ0n) is 14.1. The summed E-state index contributed by atoms with van der Waals surface area (Å²) in [4.78, 5) is 0. The number of hydrogen-bond acceptors (Lipinski definition) is 2. The molecule has 2 N–H and O–H groups in total. The summed E-state index contributed by atoms with van der Waals surface area (Å²) in [6, 6.07) is 10.5. The SMILES string of the molecule is CC(OC1(CN)CCC(C(C)(C)C)CC1)c1ccccc1. The van der Waals surface area contributed by atoms with Gasteiger partial charge in [-0.05, 0) is 49.5 Å². The molecular weight excluding hydrogens is 258 g/mol. The van der Waals surface area contributed by atoms with Gasteiger partial charge in [0.25, 0.3) is 0 Å². The molecule has 0 saturated heterocycles. The van der Waals surface area contributed by atoms with Gasteiger partial charge >= 0.3 is 0 Å². The van der Waals surface area contributed by atoms with Crippen molar-refractivity contribution in [3.8, 4) is 0 Å². The van der Waals surface area contributed by atoms with Gasteiger partial charge in [0.05, 0.1) is 11.7 Å². The van der Waals surface area contributed by atoms with Gasteiger partial charge in [0.2, 0.25) is 0 Å². The molecule has 1 aliphatic carbocycles. The van der Waals surface area contributed by atoms with Gasteiger partial charge < -0.3 is 10.5 Å². The first-order chi connectivity index (χ1) is 9.86. The van der Waals surface area contributed by atoms with Crippen molar-refractivity contribution in [2.24, 2.45) is 17.1 Å². The van der Waals surface area contributed by atoms with Crippen molar-refractivity contribution in [2.75, 3.05) is 6.54 Å². The molecule has 0 aliphatic heterocycles. The van der Waals surface area contributed by atoms with Crippen LogP contribution in [0.4, 0.5) is 0 Å². The third-order valence-corrected chi connectivity index (χ3v) is 5.19. The summed E-state index contributed by atoms with van der Waals surface area (Å²) < 4.78 is 6.45. The van der Waals surface area contributed by atoms with Crippen LogP contribution in [-0.4, -0.2) is 12.1 Å². The maximum absolute atomic E-state index is 6.45. The highest BCUT2D eigenvalue weighted by atomic mass is 16.5. The van der Waals surface area contributed by atoms with E-state index in [1.165, 1.54) is 18.4 Å². The molecule has 0 radical (unpaired) electrons. The molecule has 1 atom stereocenters. The van der Waals surface area contributed by atoms with E-state index < -0.39 is 0 Å². The number of benzene rings is 1. The molecule has 0 amide bonds. The van der Waals surface area contributed by atoms with E-state index in [1.54, 1.807) is 0 Å². The van der Waals surface area contributed by atoms with Gasteiger partial charge in [0.1, 0.15) is 0 Å². The van der Waals surface area contributed by atoms with Crippen LogP contribution in [0.3, 0.4) is 0 Å². The van der Waals surface area contributed by atoms with E-state index in [4.69, 9.17) is 10.5 Å². The van der Waals surface area contributed by atoms with E-state index in [2.05, 4.69) is 52.0 Å². The largest absolute Gasteiger partial charge is 0.366 e. The van der Waals surface area contributed by atoms with Crippen molar-refractivity contribution in [2.45, 2.75) is 65.1 Å². The van der Waals surface area contributed by atoms with Gasteiger partial charge in [-0.1, -0.05) is 51.1 Å². The summed E-state index contributed by atoms with van der Waals surface area (Å²) >= 11 is 0. The van der Waals surface area contributed by atoms with Crippen LogP contribution in [-0.2, 0) is 4.74 Å². The van der Waals surface area contributed by atoms with Crippen LogP contribution in [0.5, 0.6) is 0 Å². The molecular formula is C19H31NO. The first-order valence-corrected chi connectivity index (χ1v) is 8.29. The smallest absolute Gasteiger partial charge is 0.0812 e. The lowest BCUT2D eigenvalue weighted by atomic mass is 9.68. The molecule has 1 aliphatic rings. The monoisotopic (exact) mass is 289 g/mol. The molecule has 21 heavy (non-hydrogen) atoms. The lowest BCUT2D eigenvalue weighted by Crippen LogP contribution is -2.46. The second-order valence-electron chi connectivity index (χ2n) is 7.70. The van der Waals surface area contributed by atoms with Crippen LogP contribution in [0.2, 0.25) is 0 Å². The average Bonchev–Trinajstić information content (AvgIpc) is 2.47. The van der Waals surface area contributed by atoms with Crippen molar-refractivity contribution in [3.63, 3.8) is 0 Å². The van der Waals surface area contributed by atoms with E-state index in [9.17, 15) is 0 Å². The standard InChI is InChI=1S/C19H31NO/c1-15(16-8-6-5-7-9-16)21-19(14-20)12-10-17(11-13-19)18(2,3)4/h5-9,15,17H,10-14,20H2,1-4H3. The second-order valence-corrected chi connectivity index (χ2v) is 7.70. The van der Waals surface area contributed by atoms with Crippen molar-refractivity contribution in [1.29, 1.82) is 0 Å². The van der Waals surface area contributed by atoms with E-state index in [0.29, 0.717) is 12.0 Å². The molecule has 1 fully saturated rings. The van der Waals surface area contributed by atoms with E-state index >= 15 is 0 Å². The topological polar surface area (TPSA) is 35.2 Å². The molecule has 2 heteroatoms. The fraction of sp³-hybridized carbons (Fsp3) is 0.684. The summed E-state index contributed by atoms with van der Waals surface area (Å²) in [6.45, 7) is 9.81.